The van der Waals surface area contributed by atoms with Crippen LogP contribution in [0.3, 0.4) is 0 Å². The maximum atomic E-state index is 12.2. The number of nitrogens with zero attached hydrogens (tertiary/aromatic N) is 3. The van der Waals surface area contributed by atoms with E-state index in [1.54, 1.807) is 0 Å². The minimum absolute atomic E-state index is 0.0301. The Morgan fingerprint density at radius 1 is 1.21 bits per heavy atom. The lowest BCUT2D eigenvalue weighted by atomic mass is 10.2. The lowest BCUT2D eigenvalue weighted by Gasteiger charge is -2.22. The number of nitro groups is 1. The Balaban J connectivity index is 2.18. The predicted octanol–water partition coefficient (Wildman–Crippen LogP) is 3.47. The van der Waals surface area contributed by atoms with Crippen molar-refractivity contribution < 1.29 is 18.1 Å². The number of anilines is 1. The van der Waals surface area contributed by atoms with Gasteiger partial charge in [0.15, 0.2) is 0 Å². The third kappa shape index (κ3) is 6.29. The lowest BCUT2D eigenvalue weighted by Crippen LogP contribution is -2.39. The van der Waals surface area contributed by atoms with Crippen molar-refractivity contribution in [3.63, 3.8) is 0 Å². The van der Waals surface area contributed by atoms with Crippen LogP contribution in [0, 0.1) is 10.1 Å². The van der Waals surface area contributed by atoms with E-state index in [1.807, 2.05) is 0 Å². The van der Waals surface area contributed by atoms with Gasteiger partial charge in [0.2, 0.25) is 10.0 Å². The molecule has 0 heterocycles. The van der Waals surface area contributed by atoms with Gasteiger partial charge in [-0.2, -0.15) is 5.10 Å². The summed E-state index contributed by atoms with van der Waals surface area (Å²) in [7, 11) is -3.87. The third-order valence-electron chi connectivity index (χ3n) is 3.45. The van der Waals surface area contributed by atoms with Crippen LogP contribution < -0.4 is 9.73 Å². The zero-order valence-electron chi connectivity index (χ0n) is 14.7. The summed E-state index contributed by atoms with van der Waals surface area (Å²) in [6.45, 7) is -0.626. The molecule has 154 valence electrons. The van der Waals surface area contributed by atoms with E-state index in [2.05, 4.69) is 10.5 Å². The van der Waals surface area contributed by atoms with Gasteiger partial charge in [0, 0.05) is 27.7 Å². The highest BCUT2D eigenvalue weighted by molar-refractivity contribution is 7.92. The maximum absolute atomic E-state index is 12.2. The molecule has 0 aromatic heterocycles. The first kappa shape index (κ1) is 22.9. The van der Waals surface area contributed by atoms with Gasteiger partial charge < -0.3 is 0 Å². The first-order valence-electron chi connectivity index (χ1n) is 7.67. The smallest absolute Gasteiger partial charge is 0.270 e. The van der Waals surface area contributed by atoms with Gasteiger partial charge in [0.1, 0.15) is 6.54 Å². The molecule has 0 fully saturated rings. The molecule has 29 heavy (non-hydrogen) atoms. The van der Waals surface area contributed by atoms with Gasteiger partial charge in [-0.05, 0) is 24.3 Å². The number of carbonyl (C=O) groups excluding carboxylic acids is 1. The van der Waals surface area contributed by atoms with Crippen molar-refractivity contribution in [2.24, 2.45) is 5.10 Å². The minimum atomic E-state index is -3.87. The molecule has 1 amide bonds. The maximum Gasteiger partial charge on any atom is 0.270 e. The molecular formula is C16H13Cl3N4O5S. The van der Waals surface area contributed by atoms with E-state index in [4.69, 9.17) is 34.8 Å². The molecule has 0 aliphatic rings. The van der Waals surface area contributed by atoms with E-state index in [1.165, 1.54) is 36.4 Å². The molecular weight excluding hydrogens is 467 g/mol. The summed E-state index contributed by atoms with van der Waals surface area (Å²) in [6.07, 6.45) is 2.01. The van der Waals surface area contributed by atoms with Crippen LogP contribution in [-0.4, -0.2) is 38.3 Å². The van der Waals surface area contributed by atoms with Crippen molar-refractivity contribution in [2.45, 2.75) is 0 Å². The number of nitro benzene ring substituents is 1. The fraction of sp³-hybridized carbons (Fsp3) is 0.125. The molecule has 0 saturated heterocycles. The Hall–Kier alpha value is -2.40. The molecule has 13 heteroatoms. The zero-order valence-corrected chi connectivity index (χ0v) is 17.8. The molecule has 2 rings (SSSR count). The van der Waals surface area contributed by atoms with E-state index in [9.17, 15) is 23.3 Å². The van der Waals surface area contributed by atoms with Gasteiger partial charge in [-0.15, -0.1) is 0 Å². The Morgan fingerprint density at radius 3 is 2.48 bits per heavy atom. The summed E-state index contributed by atoms with van der Waals surface area (Å²) in [4.78, 5) is 22.4. The van der Waals surface area contributed by atoms with Gasteiger partial charge in [0.05, 0.1) is 28.1 Å². The van der Waals surface area contributed by atoms with Gasteiger partial charge in [-0.25, -0.2) is 13.8 Å². The number of hydrazone groups is 1. The molecule has 1 N–H and O–H groups in total. The monoisotopic (exact) mass is 478 g/mol. The van der Waals surface area contributed by atoms with Gasteiger partial charge >= 0.3 is 0 Å². The standard InChI is InChI=1S/C16H13Cl3N4O5S/c1-29(27,28)22(15-7-11(17)2-4-14(15)19)9-16(24)21-20-8-10-6-12(23(25)26)3-5-13(10)18/h2-8H,9H2,1H3,(H,21,24)/b20-8-. The third-order valence-corrected chi connectivity index (χ3v) is 5.47. The highest BCUT2D eigenvalue weighted by Gasteiger charge is 2.23. The number of carbonyl (C=O) groups is 1. The van der Waals surface area contributed by atoms with Crippen LogP contribution in [0.1, 0.15) is 5.56 Å². The normalized spacial score (nSPS) is 11.4. The summed E-state index contributed by atoms with van der Waals surface area (Å²) in [5, 5.41) is 15.0. The van der Waals surface area contributed by atoms with Crippen molar-refractivity contribution in [1.29, 1.82) is 0 Å². The first-order chi connectivity index (χ1) is 13.5. The van der Waals surface area contributed by atoms with Crippen molar-refractivity contribution in [3.05, 3.63) is 67.1 Å². The molecule has 0 unspecified atom stereocenters. The summed E-state index contributed by atoms with van der Waals surface area (Å²) < 4.78 is 25.0. The number of amides is 1. The van der Waals surface area contributed by atoms with Crippen LogP contribution >= 0.6 is 34.8 Å². The summed E-state index contributed by atoms with van der Waals surface area (Å²) >= 11 is 17.8. The second-order valence-corrected chi connectivity index (χ2v) is 8.78. The lowest BCUT2D eigenvalue weighted by molar-refractivity contribution is -0.384. The number of benzene rings is 2. The van der Waals surface area contributed by atoms with Gasteiger partial charge in [-0.1, -0.05) is 34.8 Å². The number of nitrogens with one attached hydrogen (secondary N) is 1. The van der Waals surface area contributed by atoms with Gasteiger partial charge in [0.25, 0.3) is 11.6 Å². The summed E-state index contributed by atoms with van der Waals surface area (Å²) in [5.74, 6) is -0.788. The number of non-ortho nitro benzene ring substituents is 1. The second-order valence-electron chi connectivity index (χ2n) is 5.62. The number of halogens is 3. The molecule has 2 aromatic carbocycles. The molecule has 0 saturated carbocycles. The molecule has 0 atom stereocenters. The van der Waals surface area contributed by atoms with E-state index in [0.717, 1.165) is 16.8 Å². The predicted molar refractivity (Wildman–Crippen MR) is 112 cm³/mol. The van der Waals surface area contributed by atoms with E-state index < -0.39 is 27.4 Å². The van der Waals surface area contributed by atoms with Crippen molar-refractivity contribution in [3.8, 4) is 0 Å². The van der Waals surface area contributed by atoms with Crippen LogP contribution in [-0.2, 0) is 14.8 Å². The van der Waals surface area contributed by atoms with E-state index >= 15 is 0 Å². The van der Waals surface area contributed by atoms with Crippen LogP contribution in [0.15, 0.2) is 41.5 Å². The SMILES string of the molecule is CS(=O)(=O)N(CC(=O)N/N=C\c1cc([N+](=O)[O-])ccc1Cl)c1cc(Cl)ccc1Cl. The second kappa shape index (κ2) is 9.40. The largest absolute Gasteiger partial charge is 0.271 e. The van der Waals surface area contributed by atoms with Crippen molar-refractivity contribution in [1.82, 2.24) is 5.43 Å². The minimum Gasteiger partial charge on any atom is -0.271 e. The van der Waals surface area contributed by atoms with Crippen molar-refractivity contribution >= 4 is 68.3 Å². The number of sulfonamides is 1. The van der Waals surface area contributed by atoms with Crippen LogP contribution in [0.4, 0.5) is 11.4 Å². The fourth-order valence-corrected chi connectivity index (χ4v) is 3.60. The van der Waals surface area contributed by atoms with E-state index in [0.29, 0.717) is 0 Å². The Kier molecular flexibility index (Phi) is 7.42. The number of rotatable bonds is 7. The Bertz CT molecular complexity index is 1090. The first-order valence-corrected chi connectivity index (χ1v) is 10.7. The molecule has 0 bridgehead atoms. The van der Waals surface area contributed by atoms with E-state index in [-0.39, 0.29) is 32.0 Å². The molecule has 0 aliphatic heterocycles. The molecule has 0 aliphatic carbocycles. The molecule has 2 aromatic rings. The Morgan fingerprint density at radius 2 is 1.86 bits per heavy atom. The molecule has 0 radical (unpaired) electrons. The van der Waals surface area contributed by atoms with Crippen molar-refractivity contribution in [2.75, 3.05) is 17.1 Å². The number of hydrogen-bond acceptors (Lipinski definition) is 6. The zero-order chi connectivity index (χ0) is 21.8. The molecule has 0 spiro atoms. The molecule has 9 nitrogen and oxygen atoms in total. The highest BCUT2D eigenvalue weighted by Crippen LogP contribution is 2.30. The Labute approximate surface area is 181 Å². The summed E-state index contributed by atoms with van der Waals surface area (Å²) in [6, 6.07) is 7.89. The number of hydrogen-bond donors (Lipinski definition) is 1. The summed E-state index contributed by atoms with van der Waals surface area (Å²) in [5.41, 5.74) is 2.15. The van der Waals surface area contributed by atoms with Crippen LogP contribution in [0.25, 0.3) is 0 Å². The van der Waals surface area contributed by atoms with Gasteiger partial charge in [-0.3, -0.25) is 19.2 Å². The quantitative estimate of drug-likeness (QED) is 0.370. The van der Waals surface area contributed by atoms with Crippen LogP contribution in [0.2, 0.25) is 15.1 Å². The average Bonchev–Trinajstić information content (AvgIpc) is 2.62. The fourth-order valence-electron chi connectivity index (χ4n) is 2.14. The highest BCUT2D eigenvalue weighted by atomic mass is 35.5. The topological polar surface area (TPSA) is 122 Å². The average molecular weight is 480 g/mol. The van der Waals surface area contributed by atoms with Crippen LogP contribution in [0.5, 0.6) is 0 Å².